The van der Waals surface area contributed by atoms with Gasteiger partial charge >= 0.3 is 11.9 Å². The molecule has 0 saturated heterocycles. The lowest BCUT2D eigenvalue weighted by Gasteiger charge is -2.13. The molecular weight excluding hydrogens is 308 g/mol. The molecule has 0 atom stereocenters. The van der Waals surface area contributed by atoms with Gasteiger partial charge in [-0.3, -0.25) is 14.6 Å². The van der Waals surface area contributed by atoms with Crippen LogP contribution in [0.3, 0.4) is 0 Å². The molecule has 0 spiro atoms. The van der Waals surface area contributed by atoms with Crippen LogP contribution in [0.5, 0.6) is 0 Å². The van der Waals surface area contributed by atoms with Gasteiger partial charge in [0.05, 0.1) is 25.6 Å². The average Bonchev–Trinajstić information content (AvgIpc) is 3.06. The van der Waals surface area contributed by atoms with Crippen LogP contribution in [0, 0.1) is 0 Å². The quantitative estimate of drug-likeness (QED) is 0.589. The molecular formula is C18H16N2O4. The van der Waals surface area contributed by atoms with E-state index in [9.17, 15) is 9.59 Å². The zero-order valence-corrected chi connectivity index (χ0v) is 13.3. The van der Waals surface area contributed by atoms with Crippen LogP contribution in [0.2, 0.25) is 0 Å². The SMILES string of the molecule is COC(=O)C(C(=O)OC)c1ccnc(-c2cc3ccccc3[nH]2)c1. The molecule has 2 aromatic heterocycles. The van der Waals surface area contributed by atoms with Crippen LogP contribution in [0.25, 0.3) is 22.3 Å². The molecule has 0 aliphatic heterocycles. The molecule has 6 heteroatoms. The summed E-state index contributed by atoms with van der Waals surface area (Å²) in [7, 11) is 2.47. The van der Waals surface area contributed by atoms with Crippen molar-refractivity contribution < 1.29 is 19.1 Å². The number of pyridine rings is 1. The van der Waals surface area contributed by atoms with E-state index in [-0.39, 0.29) is 0 Å². The van der Waals surface area contributed by atoms with Gasteiger partial charge in [0.25, 0.3) is 0 Å². The molecule has 24 heavy (non-hydrogen) atoms. The first-order valence-electron chi connectivity index (χ1n) is 7.33. The Kier molecular flexibility index (Phi) is 4.29. The van der Waals surface area contributed by atoms with Crippen molar-refractivity contribution in [3.05, 3.63) is 54.2 Å². The summed E-state index contributed by atoms with van der Waals surface area (Å²) in [5.74, 6) is -2.47. The molecule has 0 aliphatic carbocycles. The molecule has 1 N–H and O–H groups in total. The first-order chi connectivity index (χ1) is 11.6. The minimum Gasteiger partial charge on any atom is -0.468 e. The number of fused-ring (bicyclic) bond motifs is 1. The number of aromatic amines is 1. The van der Waals surface area contributed by atoms with E-state index in [2.05, 4.69) is 9.97 Å². The second-order valence-corrected chi connectivity index (χ2v) is 5.22. The molecule has 0 fully saturated rings. The first-order valence-corrected chi connectivity index (χ1v) is 7.33. The summed E-state index contributed by atoms with van der Waals surface area (Å²) >= 11 is 0. The zero-order valence-electron chi connectivity index (χ0n) is 13.3. The summed E-state index contributed by atoms with van der Waals surface area (Å²) < 4.78 is 9.43. The largest absolute Gasteiger partial charge is 0.468 e. The molecule has 0 unspecified atom stereocenters. The minimum absolute atomic E-state index is 0.470. The lowest BCUT2D eigenvalue weighted by Crippen LogP contribution is -2.24. The first kappa shape index (κ1) is 15.7. The lowest BCUT2D eigenvalue weighted by atomic mass is 9.99. The molecule has 3 aromatic rings. The number of nitrogens with zero attached hydrogens (tertiary/aromatic N) is 1. The number of hydrogen-bond donors (Lipinski definition) is 1. The maximum Gasteiger partial charge on any atom is 0.324 e. The summed E-state index contributed by atoms with van der Waals surface area (Å²) in [6.07, 6.45) is 1.55. The summed E-state index contributed by atoms with van der Waals surface area (Å²) in [4.78, 5) is 31.5. The van der Waals surface area contributed by atoms with Crippen LogP contribution in [-0.2, 0) is 19.1 Å². The Hall–Kier alpha value is -3.15. The third-order valence-corrected chi connectivity index (χ3v) is 3.80. The highest BCUT2D eigenvalue weighted by molar-refractivity contribution is 6.01. The van der Waals surface area contributed by atoms with Gasteiger partial charge in [-0.05, 0) is 29.8 Å². The number of aromatic nitrogens is 2. The number of rotatable bonds is 4. The van der Waals surface area contributed by atoms with Gasteiger partial charge < -0.3 is 14.5 Å². The zero-order chi connectivity index (χ0) is 17.1. The summed E-state index contributed by atoms with van der Waals surface area (Å²) in [6.45, 7) is 0. The van der Waals surface area contributed by atoms with E-state index < -0.39 is 17.9 Å². The molecule has 0 aliphatic rings. The number of hydrogen-bond acceptors (Lipinski definition) is 5. The van der Waals surface area contributed by atoms with Gasteiger partial charge in [-0.1, -0.05) is 18.2 Å². The predicted octanol–water partition coefficient (Wildman–Crippen LogP) is 2.66. The lowest BCUT2D eigenvalue weighted by molar-refractivity contribution is -0.154. The predicted molar refractivity (Wildman–Crippen MR) is 88.3 cm³/mol. The number of benzene rings is 1. The van der Waals surface area contributed by atoms with E-state index in [1.165, 1.54) is 14.2 Å². The van der Waals surface area contributed by atoms with Gasteiger partial charge in [0.2, 0.25) is 0 Å². The maximum atomic E-state index is 12.0. The van der Waals surface area contributed by atoms with E-state index in [0.29, 0.717) is 11.3 Å². The highest BCUT2D eigenvalue weighted by Gasteiger charge is 2.31. The molecule has 2 heterocycles. The van der Waals surface area contributed by atoms with Gasteiger partial charge in [-0.25, -0.2) is 0 Å². The number of carbonyl (C=O) groups is 2. The molecule has 0 saturated carbocycles. The van der Waals surface area contributed by atoms with Crippen LogP contribution in [0.4, 0.5) is 0 Å². The molecule has 122 valence electrons. The highest BCUT2D eigenvalue weighted by Crippen LogP contribution is 2.26. The fraction of sp³-hybridized carbons (Fsp3) is 0.167. The monoisotopic (exact) mass is 324 g/mol. The molecule has 0 radical (unpaired) electrons. The van der Waals surface area contributed by atoms with Crippen LogP contribution < -0.4 is 0 Å². The topological polar surface area (TPSA) is 81.3 Å². The van der Waals surface area contributed by atoms with Gasteiger partial charge in [-0.15, -0.1) is 0 Å². The van der Waals surface area contributed by atoms with E-state index in [4.69, 9.17) is 9.47 Å². The number of para-hydroxylation sites is 1. The van der Waals surface area contributed by atoms with E-state index in [1.54, 1.807) is 18.3 Å². The number of carbonyl (C=O) groups excluding carboxylic acids is 2. The Labute approximate surface area is 138 Å². The van der Waals surface area contributed by atoms with Crippen LogP contribution in [0.15, 0.2) is 48.7 Å². The number of esters is 2. The number of ether oxygens (including phenoxy) is 2. The number of H-pyrrole nitrogens is 1. The summed E-state index contributed by atoms with van der Waals surface area (Å²) in [5, 5.41) is 1.05. The van der Waals surface area contributed by atoms with Crippen LogP contribution in [0.1, 0.15) is 11.5 Å². The molecule has 0 bridgehead atoms. The third kappa shape index (κ3) is 2.86. The minimum atomic E-state index is -1.13. The number of methoxy groups -OCH3 is 2. The normalized spacial score (nSPS) is 10.8. The molecule has 1 aromatic carbocycles. The van der Waals surface area contributed by atoms with Crippen molar-refractivity contribution >= 4 is 22.8 Å². The van der Waals surface area contributed by atoms with E-state index in [1.807, 2.05) is 30.3 Å². The Morgan fingerprint density at radius 3 is 2.42 bits per heavy atom. The Morgan fingerprint density at radius 1 is 1.04 bits per heavy atom. The van der Waals surface area contributed by atoms with Crippen molar-refractivity contribution in [1.29, 1.82) is 0 Å². The molecule has 6 nitrogen and oxygen atoms in total. The standard InChI is InChI=1S/C18H16N2O4/c1-23-17(21)16(18(22)24-2)12-7-8-19-14(10-12)15-9-11-5-3-4-6-13(11)20-15/h3-10,16,20H,1-2H3. The molecule has 0 amide bonds. The summed E-state index contributed by atoms with van der Waals surface area (Å²) in [5.41, 5.74) is 2.88. The average molecular weight is 324 g/mol. The van der Waals surface area contributed by atoms with Crippen molar-refractivity contribution in [1.82, 2.24) is 9.97 Å². The van der Waals surface area contributed by atoms with E-state index in [0.717, 1.165) is 16.6 Å². The van der Waals surface area contributed by atoms with Crippen molar-refractivity contribution in [2.75, 3.05) is 14.2 Å². The van der Waals surface area contributed by atoms with Gasteiger partial charge in [0.15, 0.2) is 5.92 Å². The van der Waals surface area contributed by atoms with Gasteiger partial charge in [0, 0.05) is 17.1 Å². The second kappa shape index (κ2) is 6.54. The molecule has 3 rings (SSSR count). The highest BCUT2D eigenvalue weighted by atomic mass is 16.5. The fourth-order valence-corrected chi connectivity index (χ4v) is 2.59. The Bertz CT molecular complexity index is 852. The second-order valence-electron chi connectivity index (χ2n) is 5.22. The smallest absolute Gasteiger partial charge is 0.324 e. The third-order valence-electron chi connectivity index (χ3n) is 3.80. The van der Waals surface area contributed by atoms with Crippen molar-refractivity contribution in [2.24, 2.45) is 0 Å². The van der Waals surface area contributed by atoms with Crippen molar-refractivity contribution in [2.45, 2.75) is 5.92 Å². The van der Waals surface area contributed by atoms with Gasteiger partial charge in [-0.2, -0.15) is 0 Å². The maximum absolute atomic E-state index is 12.0. The Balaban J connectivity index is 2.04. The van der Waals surface area contributed by atoms with Gasteiger partial charge in [0.1, 0.15) is 0 Å². The number of nitrogens with one attached hydrogen (secondary N) is 1. The van der Waals surface area contributed by atoms with Crippen LogP contribution in [-0.4, -0.2) is 36.1 Å². The summed E-state index contributed by atoms with van der Waals surface area (Å²) in [6, 6.07) is 13.1. The Morgan fingerprint density at radius 2 is 1.75 bits per heavy atom. The van der Waals surface area contributed by atoms with Crippen molar-refractivity contribution in [3.8, 4) is 11.4 Å². The van der Waals surface area contributed by atoms with Crippen LogP contribution >= 0.6 is 0 Å². The van der Waals surface area contributed by atoms with Crippen molar-refractivity contribution in [3.63, 3.8) is 0 Å². The fourth-order valence-electron chi connectivity index (χ4n) is 2.59. The van der Waals surface area contributed by atoms with E-state index >= 15 is 0 Å².